The van der Waals surface area contributed by atoms with E-state index in [1.165, 1.54) is 0 Å². The fourth-order valence-corrected chi connectivity index (χ4v) is 2.75. The van der Waals surface area contributed by atoms with Crippen molar-refractivity contribution in [3.8, 4) is 11.5 Å². The molecule has 0 amide bonds. The van der Waals surface area contributed by atoms with Crippen LogP contribution in [0.25, 0.3) is 0 Å². The van der Waals surface area contributed by atoms with Crippen molar-refractivity contribution in [1.29, 1.82) is 0 Å². The molecule has 2 rings (SSSR count). The van der Waals surface area contributed by atoms with E-state index < -0.39 is 0 Å². The van der Waals surface area contributed by atoms with E-state index in [1.54, 1.807) is 14.0 Å². The van der Waals surface area contributed by atoms with Gasteiger partial charge in [0.15, 0.2) is 11.5 Å². The quantitative estimate of drug-likeness (QED) is 0.525. The lowest BCUT2D eigenvalue weighted by atomic mass is 10.2. The highest BCUT2D eigenvalue weighted by molar-refractivity contribution is 6.32. The second kappa shape index (κ2) is 11.0. The molecule has 1 atom stereocenters. The molecule has 0 heterocycles. The van der Waals surface area contributed by atoms with Gasteiger partial charge in [0, 0.05) is 26.2 Å². The largest absolute Gasteiger partial charge is 0.493 e. The third-order valence-electron chi connectivity index (χ3n) is 3.76. The van der Waals surface area contributed by atoms with E-state index in [2.05, 4.69) is 10.6 Å². The molecule has 0 saturated heterocycles. The predicted molar refractivity (Wildman–Crippen MR) is 105 cm³/mol. The third kappa shape index (κ3) is 6.84. The maximum Gasteiger partial charge on any atom is 0.180 e. The molecule has 0 radical (unpaired) electrons. The van der Waals surface area contributed by atoms with Crippen LogP contribution >= 0.6 is 11.6 Å². The summed E-state index contributed by atoms with van der Waals surface area (Å²) in [5, 5.41) is 16.2. The van der Waals surface area contributed by atoms with Crippen molar-refractivity contribution in [2.75, 3.05) is 26.7 Å². The van der Waals surface area contributed by atoms with Crippen molar-refractivity contribution >= 4 is 11.6 Å². The Morgan fingerprint density at radius 1 is 1.08 bits per heavy atom. The minimum absolute atomic E-state index is 0.332. The predicted octanol–water partition coefficient (Wildman–Crippen LogP) is 2.99. The molecule has 26 heavy (non-hydrogen) atoms. The first kappa shape index (κ1) is 20.5. The number of methoxy groups -OCH3 is 1. The molecule has 0 fully saturated rings. The smallest absolute Gasteiger partial charge is 0.180 e. The molecule has 0 saturated carbocycles. The molecule has 2 aromatic rings. The van der Waals surface area contributed by atoms with Gasteiger partial charge in [0.05, 0.1) is 18.2 Å². The molecule has 142 valence electrons. The Labute approximate surface area is 160 Å². The summed E-state index contributed by atoms with van der Waals surface area (Å²) in [6.45, 7) is 5.03. The number of rotatable bonds is 11. The normalized spacial score (nSPS) is 12.0. The van der Waals surface area contributed by atoms with Crippen LogP contribution in [0.5, 0.6) is 11.5 Å². The van der Waals surface area contributed by atoms with Crippen LogP contribution in [0.3, 0.4) is 0 Å². The van der Waals surface area contributed by atoms with Gasteiger partial charge in [0.25, 0.3) is 0 Å². The summed E-state index contributed by atoms with van der Waals surface area (Å²) < 4.78 is 11.3. The minimum Gasteiger partial charge on any atom is -0.493 e. The first-order valence-electron chi connectivity index (χ1n) is 8.72. The number of aliphatic hydroxyl groups excluding tert-OH is 1. The zero-order valence-corrected chi connectivity index (χ0v) is 16.1. The second-order valence-electron chi connectivity index (χ2n) is 6.11. The molecule has 0 spiro atoms. The topological polar surface area (TPSA) is 62.8 Å². The lowest BCUT2D eigenvalue weighted by Crippen LogP contribution is -2.31. The molecule has 0 aliphatic heterocycles. The number of nitrogens with one attached hydrogen (secondary N) is 2. The van der Waals surface area contributed by atoms with Crippen molar-refractivity contribution in [2.45, 2.75) is 26.2 Å². The molecular formula is C20H27ClN2O3. The molecular weight excluding hydrogens is 352 g/mol. The van der Waals surface area contributed by atoms with Crippen LogP contribution in [0.15, 0.2) is 42.5 Å². The SMILES string of the molecule is COc1cc(CNCCNC[C@@H](C)O)cc(Cl)c1OCc1ccccc1. The molecule has 6 heteroatoms. The van der Waals surface area contributed by atoms with Gasteiger partial charge < -0.3 is 25.2 Å². The van der Waals surface area contributed by atoms with E-state index in [-0.39, 0.29) is 6.10 Å². The number of ether oxygens (including phenoxy) is 2. The van der Waals surface area contributed by atoms with Gasteiger partial charge in [-0.1, -0.05) is 41.9 Å². The highest BCUT2D eigenvalue weighted by Gasteiger charge is 2.12. The summed E-state index contributed by atoms with van der Waals surface area (Å²) in [6.07, 6.45) is -0.332. The average molecular weight is 379 g/mol. The van der Waals surface area contributed by atoms with Crippen LogP contribution in [0.2, 0.25) is 5.02 Å². The summed E-state index contributed by atoms with van der Waals surface area (Å²) in [6, 6.07) is 13.8. The van der Waals surface area contributed by atoms with Gasteiger partial charge >= 0.3 is 0 Å². The molecule has 5 nitrogen and oxygen atoms in total. The molecule has 2 aromatic carbocycles. The summed E-state index contributed by atoms with van der Waals surface area (Å²) in [7, 11) is 1.61. The molecule has 0 bridgehead atoms. The van der Waals surface area contributed by atoms with E-state index in [9.17, 15) is 5.11 Å². The van der Waals surface area contributed by atoms with Gasteiger partial charge in [-0.15, -0.1) is 0 Å². The van der Waals surface area contributed by atoms with Crippen molar-refractivity contribution in [3.63, 3.8) is 0 Å². The van der Waals surface area contributed by atoms with E-state index in [0.717, 1.165) is 24.2 Å². The number of halogens is 1. The molecule has 3 N–H and O–H groups in total. The van der Waals surface area contributed by atoms with Crippen LogP contribution in [-0.2, 0) is 13.2 Å². The Balaban J connectivity index is 1.89. The molecule has 0 unspecified atom stereocenters. The summed E-state index contributed by atoms with van der Waals surface area (Å²) >= 11 is 6.40. The molecule has 0 aliphatic rings. The van der Waals surface area contributed by atoms with Gasteiger partial charge in [-0.25, -0.2) is 0 Å². The van der Waals surface area contributed by atoms with Crippen LogP contribution in [0, 0.1) is 0 Å². The average Bonchev–Trinajstić information content (AvgIpc) is 2.63. The third-order valence-corrected chi connectivity index (χ3v) is 4.04. The van der Waals surface area contributed by atoms with Crippen molar-refractivity contribution in [3.05, 3.63) is 58.6 Å². The van der Waals surface area contributed by atoms with Crippen LogP contribution in [-0.4, -0.2) is 38.0 Å². The fraction of sp³-hybridized carbons (Fsp3) is 0.400. The Kier molecular flexibility index (Phi) is 8.71. The van der Waals surface area contributed by atoms with Gasteiger partial charge in [0.2, 0.25) is 0 Å². The second-order valence-corrected chi connectivity index (χ2v) is 6.52. The highest BCUT2D eigenvalue weighted by Crippen LogP contribution is 2.36. The maximum absolute atomic E-state index is 9.19. The van der Waals surface area contributed by atoms with Gasteiger partial charge in [0.1, 0.15) is 6.61 Å². The summed E-state index contributed by atoms with van der Waals surface area (Å²) in [5.74, 6) is 1.18. The van der Waals surface area contributed by atoms with E-state index in [0.29, 0.717) is 36.2 Å². The van der Waals surface area contributed by atoms with Crippen LogP contribution < -0.4 is 20.1 Å². The Bertz CT molecular complexity index is 666. The zero-order valence-electron chi connectivity index (χ0n) is 15.3. The number of benzene rings is 2. The minimum atomic E-state index is -0.332. The Morgan fingerprint density at radius 2 is 1.81 bits per heavy atom. The lowest BCUT2D eigenvalue weighted by molar-refractivity contribution is 0.191. The van der Waals surface area contributed by atoms with Crippen LogP contribution in [0.4, 0.5) is 0 Å². The van der Waals surface area contributed by atoms with Gasteiger partial charge in [-0.3, -0.25) is 0 Å². The van der Waals surface area contributed by atoms with Crippen molar-refractivity contribution in [2.24, 2.45) is 0 Å². The Morgan fingerprint density at radius 3 is 2.50 bits per heavy atom. The lowest BCUT2D eigenvalue weighted by Gasteiger charge is -2.15. The van der Waals surface area contributed by atoms with Gasteiger partial charge in [-0.05, 0) is 30.2 Å². The monoisotopic (exact) mass is 378 g/mol. The van der Waals surface area contributed by atoms with E-state index in [1.807, 2.05) is 42.5 Å². The molecule has 0 aromatic heterocycles. The highest BCUT2D eigenvalue weighted by atomic mass is 35.5. The standard InChI is InChI=1S/C20H27ClN2O3/c1-15(24)12-22-8-9-23-13-17-10-18(21)20(19(11-17)25-2)26-14-16-6-4-3-5-7-16/h3-7,10-11,15,22-24H,8-9,12-14H2,1-2H3/t15-/m1/s1. The van der Waals surface area contributed by atoms with Gasteiger partial charge in [-0.2, -0.15) is 0 Å². The number of aliphatic hydroxyl groups is 1. The first-order chi connectivity index (χ1) is 12.6. The Hall–Kier alpha value is -1.79. The van der Waals surface area contributed by atoms with Crippen molar-refractivity contribution in [1.82, 2.24) is 10.6 Å². The fourth-order valence-electron chi connectivity index (χ4n) is 2.47. The van der Waals surface area contributed by atoms with Crippen LogP contribution in [0.1, 0.15) is 18.1 Å². The maximum atomic E-state index is 9.19. The summed E-state index contributed by atoms with van der Waals surface area (Å²) in [4.78, 5) is 0. The first-order valence-corrected chi connectivity index (χ1v) is 9.10. The van der Waals surface area contributed by atoms with E-state index in [4.69, 9.17) is 21.1 Å². The number of hydrogen-bond acceptors (Lipinski definition) is 5. The summed E-state index contributed by atoms with van der Waals surface area (Å²) in [5.41, 5.74) is 2.09. The number of hydrogen-bond donors (Lipinski definition) is 3. The van der Waals surface area contributed by atoms with E-state index >= 15 is 0 Å². The molecule has 0 aliphatic carbocycles. The zero-order chi connectivity index (χ0) is 18.8. The van der Waals surface area contributed by atoms with Crippen molar-refractivity contribution < 1.29 is 14.6 Å².